The maximum atomic E-state index is 12.0. The van der Waals surface area contributed by atoms with E-state index in [-0.39, 0.29) is 25.4 Å². The number of carbonyl (C=O) groups is 1. The first-order chi connectivity index (χ1) is 9.93. The van der Waals surface area contributed by atoms with E-state index >= 15 is 0 Å². The quantitative estimate of drug-likeness (QED) is 0.873. The molecule has 0 bridgehead atoms. The number of carbonyl (C=O) groups excluding carboxylic acids is 1. The Kier molecular flexibility index (Phi) is 3.56. The molecule has 7 nitrogen and oxygen atoms in total. The second-order valence-corrected chi connectivity index (χ2v) is 7.68. The van der Waals surface area contributed by atoms with Gasteiger partial charge in [-0.15, -0.1) is 0 Å². The largest absolute Gasteiger partial charge is 0.309 e. The number of rotatable bonds is 4. The highest BCUT2D eigenvalue weighted by atomic mass is 32.2. The van der Waals surface area contributed by atoms with E-state index in [2.05, 4.69) is 15.5 Å². The van der Waals surface area contributed by atoms with Crippen molar-refractivity contribution < 1.29 is 13.2 Å². The van der Waals surface area contributed by atoms with Crippen LogP contribution >= 0.6 is 11.3 Å². The Morgan fingerprint density at radius 2 is 2.33 bits per heavy atom. The van der Waals surface area contributed by atoms with Gasteiger partial charge in [0.15, 0.2) is 5.82 Å². The van der Waals surface area contributed by atoms with Crippen LogP contribution in [0.1, 0.15) is 16.8 Å². The molecule has 112 valence electrons. The first-order valence-corrected chi connectivity index (χ1v) is 9.05. The molecule has 2 aromatic heterocycles. The van der Waals surface area contributed by atoms with Crippen LogP contribution in [0, 0.1) is 0 Å². The second kappa shape index (κ2) is 5.24. The maximum absolute atomic E-state index is 12.0. The van der Waals surface area contributed by atoms with Crippen LogP contribution in [0.3, 0.4) is 0 Å². The number of sulfonamides is 1. The highest BCUT2D eigenvalue weighted by Gasteiger charge is 2.30. The fourth-order valence-electron chi connectivity index (χ4n) is 2.20. The van der Waals surface area contributed by atoms with Crippen molar-refractivity contribution in [2.45, 2.75) is 19.5 Å². The van der Waals surface area contributed by atoms with Crippen LogP contribution in [0.4, 0.5) is 5.82 Å². The van der Waals surface area contributed by atoms with E-state index in [4.69, 9.17) is 0 Å². The van der Waals surface area contributed by atoms with Gasteiger partial charge in [0.25, 0.3) is 0 Å². The molecule has 0 aliphatic carbocycles. The lowest BCUT2D eigenvalue weighted by Crippen LogP contribution is -2.24. The van der Waals surface area contributed by atoms with Gasteiger partial charge in [0.05, 0.1) is 24.9 Å². The lowest BCUT2D eigenvalue weighted by Gasteiger charge is -2.11. The maximum Gasteiger partial charge on any atom is 0.230 e. The monoisotopic (exact) mass is 326 g/mol. The predicted octanol–water partition coefficient (Wildman–Crippen LogP) is 0.928. The van der Waals surface area contributed by atoms with Crippen LogP contribution in [-0.4, -0.2) is 35.1 Å². The molecular formula is C12H14N4O3S2. The number of thiophene rings is 1. The topological polar surface area (TPSA) is 95.2 Å². The molecule has 1 amide bonds. The number of aromatic amines is 1. The summed E-state index contributed by atoms with van der Waals surface area (Å²) in [6, 6.07) is 1.89. The van der Waals surface area contributed by atoms with E-state index in [0.29, 0.717) is 5.82 Å². The number of fused-ring (bicyclic) bond motifs is 1. The van der Waals surface area contributed by atoms with Crippen LogP contribution < -0.4 is 5.32 Å². The molecule has 1 aliphatic heterocycles. The van der Waals surface area contributed by atoms with Gasteiger partial charge < -0.3 is 5.32 Å². The number of nitrogens with zero attached hydrogens (tertiary/aromatic N) is 2. The van der Waals surface area contributed by atoms with Gasteiger partial charge in [-0.2, -0.15) is 20.7 Å². The Hall–Kier alpha value is -1.71. The first kappa shape index (κ1) is 14.2. The van der Waals surface area contributed by atoms with Crippen LogP contribution in [0.25, 0.3) is 0 Å². The van der Waals surface area contributed by atoms with Crippen molar-refractivity contribution in [3.63, 3.8) is 0 Å². The van der Waals surface area contributed by atoms with Crippen molar-refractivity contribution >= 4 is 33.1 Å². The summed E-state index contributed by atoms with van der Waals surface area (Å²) in [6.45, 7) is 0.500. The fourth-order valence-corrected chi connectivity index (χ4v) is 3.60. The number of anilines is 1. The lowest BCUT2D eigenvalue weighted by molar-refractivity contribution is -0.115. The number of aromatic nitrogens is 2. The zero-order chi connectivity index (χ0) is 15.0. The molecule has 0 unspecified atom stereocenters. The van der Waals surface area contributed by atoms with Gasteiger partial charge in [0.1, 0.15) is 0 Å². The number of hydrogen-bond acceptors (Lipinski definition) is 5. The number of amides is 1. The minimum absolute atomic E-state index is 0.166. The minimum atomic E-state index is -3.25. The van der Waals surface area contributed by atoms with Gasteiger partial charge in [-0.1, -0.05) is 0 Å². The van der Waals surface area contributed by atoms with Gasteiger partial charge >= 0.3 is 0 Å². The molecule has 0 radical (unpaired) electrons. The molecule has 0 aromatic carbocycles. The molecule has 0 atom stereocenters. The van der Waals surface area contributed by atoms with Crippen molar-refractivity contribution in [2.24, 2.45) is 0 Å². The third-order valence-electron chi connectivity index (χ3n) is 3.29. The molecule has 3 heterocycles. The summed E-state index contributed by atoms with van der Waals surface area (Å²) in [5.41, 5.74) is 2.41. The second-order valence-electron chi connectivity index (χ2n) is 4.92. The molecule has 0 spiro atoms. The number of H-pyrrole nitrogens is 1. The minimum Gasteiger partial charge on any atom is -0.309 e. The summed E-state index contributed by atoms with van der Waals surface area (Å²) in [4.78, 5) is 12.0. The molecule has 9 heteroatoms. The third kappa shape index (κ3) is 2.99. The Balaban J connectivity index is 1.71. The molecular weight excluding hydrogens is 312 g/mol. The summed E-state index contributed by atoms with van der Waals surface area (Å²) < 4.78 is 24.4. The zero-order valence-electron chi connectivity index (χ0n) is 11.3. The van der Waals surface area contributed by atoms with E-state index in [9.17, 15) is 13.2 Å². The Bertz CT molecular complexity index is 765. The summed E-state index contributed by atoms with van der Waals surface area (Å²) in [7, 11) is -3.25. The third-order valence-corrected chi connectivity index (χ3v) is 5.22. The highest BCUT2D eigenvalue weighted by molar-refractivity contribution is 7.88. The first-order valence-electron chi connectivity index (χ1n) is 6.25. The Morgan fingerprint density at radius 3 is 3.00 bits per heavy atom. The number of hydrogen-bond donors (Lipinski definition) is 2. The van der Waals surface area contributed by atoms with E-state index in [1.54, 1.807) is 0 Å². The molecule has 0 fully saturated rings. The van der Waals surface area contributed by atoms with Crippen LogP contribution in [-0.2, 0) is 34.3 Å². The van der Waals surface area contributed by atoms with Crippen LogP contribution in [0.2, 0.25) is 0 Å². The van der Waals surface area contributed by atoms with E-state index in [0.717, 1.165) is 16.8 Å². The summed E-state index contributed by atoms with van der Waals surface area (Å²) in [5, 5.41) is 13.4. The molecule has 3 rings (SSSR count). The fraction of sp³-hybridized carbons (Fsp3) is 0.333. The van der Waals surface area contributed by atoms with Gasteiger partial charge in [-0.3, -0.25) is 9.89 Å². The molecule has 2 N–H and O–H groups in total. The van der Waals surface area contributed by atoms with E-state index in [1.807, 2.05) is 16.8 Å². The van der Waals surface area contributed by atoms with Gasteiger partial charge in [-0.05, 0) is 22.4 Å². The van der Waals surface area contributed by atoms with Crippen molar-refractivity contribution in [3.8, 4) is 0 Å². The van der Waals surface area contributed by atoms with Gasteiger partial charge in [0, 0.05) is 12.1 Å². The van der Waals surface area contributed by atoms with Gasteiger partial charge in [0.2, 0.25) is 15.9 Å². The van der Waals surface area contributed by atoms with Crippen molar-refractivity contribution in [2.75, 3.05) is 11.6 Å². The average molecular weight is 326 g/mol. The van der Waals surface area contributed by atoms with E-state index in [1.165, 1.54) is 21.9 Å². The predicted molar refractivity (Wildman–Crippen MR) is 79.3 cm³/mol. The highest BCUT2D eigenvalue weighted by Crippen LogP contribution is 2.28. The lowest BCUT2D eigenvalue weighted by atomic mass is 10.2. The average Bonchev–Trinajstić information content (AvgIpc) is 3.06. The molecule has 0 saturated carbocycles. The Morgan fingerprint density at radius 1 is 1.52 bits per heavy atom. The zero-order valence-corrected chi connectivity index (χ0v) is 12.9. The summed E-state index contributed by atoms with van der Waals surface area (Å²) >= 11 is 1.54. The summed E-state index contributed by atoms with van der Waals surface area (Å²) in [5.74, 6) is 0.247. The Labute approximate surface area is 126 Å². The smallest absolute Gasteiger partial charge is 0.230 e. The standard InChI is InChI=1S/C12H14N4O3S2/c1-21(18,19)16-5-9-10(6-16)14-15-12(9)13-11(17)4-8-2-3-20-7-8/h2-3,7H,4-6H2,1H3,(H2,13,14,15,17). The number of nitrogens with one attached hydrogen (secondary N) is 2. The van der Waals surface area contributed by atoms with Crippen molar-refractivity contribution in [1.82, 2.24) is 14.5 Å². The van der Waals surface area contributed by atoms with Crippen LogP contribution in [0.5, 0.6) is 0 Å². The van der Waals surface area contributed by atoms with Crippen LogP contribution in [0.15, 0.2) is 16.8 Å². The van der Waals surface area contributed by atoms with E-state index < -0.39 is 10.0 Å². The van der Waals surface area contributed by atoms with Gasteiger partial charge in [-0.25, -0.2) is 8.42 Å². The van der Waals surface area contributed by atoms with Crippen molar-refractivity contribution in [3.05, 3.63) is 33.6 Å². The normalized spacial score (nSPS) is 15.1. The van der Waals surface area contributed by atoms with Crippen molar-refractivity contribution in [1.29, 1.82) is 0 Å². The SMILES string of the molecule is CS(=O)(=O)N1Cc2[nH]nc(NC(=O)Cc3ccsc3)c2C1. The molecule has 1 aliphatic rings. The molecule has 0 saturated heterocycles. The molecule has 2 aromatic rings. The summed E-state index contributed by atoms with van der Waals surface area (Å²) in [6.07, 6.45) is 1.45. The molecule has 21 heavy (non-hydrogen) atoms.